The smallest absolute Gasteiger partial charge is 0.311 e. The minimum Gasteiger partial charge on any atom is -0.490 e. The van der Waals surface area contributed by atoms with E-state index in [9.17, 15) is 14.9 Å². The fourth-order valence-corrected chi connectivity index (χ4v) is 1.11. The summed E-state index contributed by atoms with van der Waals surface area (Å²) in [5, 5.41) is 13.9. The van der Waals surface area contributed by atoms with Gasteiger partial charge >= 0.3 is 5.69 Å². The van der Waals surface area contributed by atoms with Crippen LogP contribution in [0.15, 0.2) is 17.2 Å². The van der Waals surface area contributed by atoms with Gasteiger partial charge in [0.25, 0.3) is 0 Å². The van der Waals surface area contributed by atoms with Crippen LogP contribution in [0.2, 0.25) is 0 Å². The lowest BCUT2D eigenvalue weighted by atomic mass is 10.1. The van der Waals surface area contributed by atoms with Gasteiger partial charge in [-0.25, -0.2) is 0 Å². The number of methoxy groups -OCH3 is 1. The summed E-state index contributed by atoms with van der Waals surface area (Å²) in [4.78, 5) is 23.1. The molecule has 0 unspecified atom stereocenters. The van der Waals surface area contributed by atoms with Crippen molar-refractivity contribution in [1.29, 1.82) is 0 Å². The predicted octanol–water partition coefficient (Wildman–Crippen LogP) is 2.36. The molecule has 82 valence electrons. The lowest BCUT2D eigenvalue weighted by molar-refractivity contribution is -0.385. The van der Waals surface area contributed by atoms with Crippen LogP contribution in [0, 0.1) is 10.1 Å². The van der Waals surface area contributed by atoms with Crippen molar-refractivity contribution in [2.75, 3.05) is 7.11 Å². The molecule has 16 heavy (non-hydrogen) atoms. The Bertz CT molecular complexity index is 493. The van der Waals surface area contributed by atoms with E-state index in [-0.39, 0.29) is 22.7 Å². The first-order valence-corrected chi connectivity index (χ1v) is 4.00. The molecule has 0 aliphatic carbocycles. The summed E-state index contributed by atoms with van der Waals surface area (Å²) in [7, 11) is 1.24. The summed E-state index contributed by atoms with van der Waals surface area (Å²) in [6.45, 7) is 0. The molecule has 0 spiro atoms. The van der Waals surface area contributed by atoms with Crippen LogP contribution in [-0.4, -0.2) is 18.3 Å². The number of rotatable bonds is 4. The standard InChI is InChI=1S/C8H6N4O4/c1-16-8-3-6(10-11-9)5(4-13)2-7(8)12(14)15/h2-4H,1H3. The first-order chi connectivity index (χ1) is 7.63. The molecule has 0 aliphatic rings. The van der Waals surface area contributed by atoms with Crippen molar-refractivity contribution in [3.63, 3.8) is 0 Å². The van der Waals surface area contributed by atoms with E-state index < -0.39 is 4.92 Å². The molecular formula is C8H6N4O4. The van der Waals surface area contributed by atoms with Gasteiger partial charge in [-0.2, -0.15) is 0 Å². The monoisotopic (exact) mass is 222 g/mol. The van der Waals surface area contributed by atoms with E-state index in [4.69, 9.17) is 10.3 Å². The van der Waals surface area contributed by atoms with Gasteiger partial charge in [-0.3, -0.25) is 14.9 Å². The maximum absolute atomic E-state index is 10.6. The molecule has 0 amide bonds. The summed E-state index contributed by atoms with van der Waals surface area (Å²) in [5.41, 5.74) is 7.81. The quantitative estimate of drug-likeness (QED) is 0.194. The Kier molecular flexibility index (Phi) is 3.41. The highest BCUT2D eigenvalue weighted by atomic mass is 16.6. The molecule has 0 bridgehead atoms. The Labute approximate surface area is 89.2 Å². The van der Waals surface area contributed by atoms with Gasteiger partial charge in [-0.05, 0) is 11.6 Å². The molecule has 1 rings (SSSR count). The van der Waals surface area contributed by atoms with Crippen molar-refractivity contribution in [3.05, 3.63) is 38.3 Å². The highest BCUT2D eigenvalue weighted by Gasteiger charge is 2.18. The number of hydrogen-bond donors (Lipinski definition) is 0. The van der Waals surface area contributed by atoms with Crippen molar-refractivity contribution in [2.24, 2.45) is 5.11 Å². The highest BCUT2D eigenvalue weighted by Crippen LogP contribution is 2.33. The molecule has 8 nitrogen and oxygen atoms in total. The Balaban J connectivity index is 3.51. The summed E-state index contributed by atoms with van der Waals surface area (Å²) in [6, 6.07) is 2.14. The van der Waals surface area contributed by atoms with Gasteiger partial charge in [0.15, 0.2) is 12.0 Å². The van der Waals surface area contributed by atoms with Gasteiger partial charge in [0, 0.05) is 16.5 Å². The third-order valence-corrected chi connectivity index (χ3v) is 1.80. The Morgan fingerprint density at radius 3 is 2.75 bits per heavy atom. The maximum atomic E-state index is 10.6. The molecule has 1 aromatic carbocycles. The first kappa shape index (κ1) is 11.5. The van der Waals surface area contributed by atoms with Crippen LogP contribution in [0.1, 0.15) is 10.4 Å². The third-order valence-electron chi connectivity index (χ3n) is 1.80. The van der Waals surface area contributed by atoms with E-state index in [1.165, 1.54) is 7.11 Å². The number of aldehydes is 1. The number of nitro benzene ring substituents is 1. The van der Waals surface area contributed by atoms with Gasteiger partial charge in [-0.15, -0.1) is 0 Å². The van der Waals surface area contributed by atoms with Crippen LogP contribution in [0.25, 0.3) is 10.4 Å². The van der Waals surface area contributed by atoms with E-state index in [0.29, 0.717) is 6.29 Å². The fourth-order valence-electron chi connectivity index (χ4n) is 1.11. The molecule has 0 fully saturated rings. The molecule has 0 radical (unpaired) electrons. The number of nitro groups is 1. The zero-order valence-corrected chi connectivity index (χ0v) is 8.15. The minimum atomic E-state index is -0.689. The van der Waals surface area contributed by atoms with E-state index >= 15 is 0 Å². The number of carbonyl (C=O) groups excluding carboxylic acids is 1. The zero-order chi connectivity index (χ0) is 12.1. The molecule has 0 atom stereocenters. The minimum absolute atomic E-state index is 0.0139. The lowest BCUT2D eigenvalue weighted by Gasteiger charge is -2.04. The molecule has 0 heterocycles. The van der Waals surface area contributed by atoms with Crippen LogP contribution in [0.5, 0.6) is 5.75 Å². The second kappa shape index (κ2) is 4.76. The molecule has 0 aliphatic heterocycles. The molecule has 0 saturated heterocycles. The Morgan fingerprint density at radius 2 is 2.31 bits per heavy atom. The number of ether oxygens (including phenoxy) is 1. The van der Waals surface area contributed by atoms with Gasteiger partial charge in [-0.1, -0.05) is 5.11 Å². The number of carbonyl (C=O) groups is 1. The van der Waals surface area contributed by atoms with Gasteiger partial charge in [0.1, 0.15) is 0 Å². The zero-order valence-electron chi connectivity index (χ0n) is 8.15. The fraction of sp³-hybridized carbons (Fsp3) is 0.125. The van der Waals surface area contributed by atoms with E-state index in [2.05, 4.69) is 10.0 Å². The van der Waals surface area contributed by atoms with Gasteiger partial charge in [0.05, 0.1) is 17.7 Å². The summed E-state index contributed by atoms with van der Waals surface area (Å²) in [5.74, 6) is -0.0713. The number of nitrogens with zero attached hydrogens (tertiary/aromatic N) is 4. The second-order valence-electron chi connectivity index (χ2n) is 2.65. The summed E-state index contributed by atoms with van der Waals surface area (Å²) >= 11 is 0. The van der Waals surface area contributed by atoms with Crippen LogP contribution in [-0.2, 0) is 0 Å². The van der Waals surface area contributed by atoms with E-state index in [1.807, 2.05) is 0 Å². The van der Waals surface area contributed by atoms with Crippen molar-refractivity contribution >= 4 is 17.7 Å². The predicted molar refractivity (Wildman–Crippen MR) is 53.8 cm³/mol. The van der Waals surface area contributed by atoms with Crippen LogP contribution >= 0.6 is 0 Å². The van der Waals surface area contributed by atoms with Crippen LogP contribution < -0.4 is 4.74 Å². The third kappa shape index (κ3) is 2.07. The van der Waals surface area contributed by atoms with E-state index in [0.717, 1.165) is 12.1 Å². The SMILES string of the molecule is COc1cc(N=[N+]=[N-])c(C=O)cc1[N+](=O)[O-]. The summed E-state index contributed by atoms with van der Waals surface area (Å²) < 4.78 is 4.75. The second-order valence-corrected chi connectivity index (χ2v) is 2.65. The first-order valence-electron chi connectivity index (χ1n) is 4.00. The van der Waals surface area contributed by atoms with Crippen molar-refractivity contribution < 1.29 is 14.5 Å². The topological polar surface area (TPSA) is 118 Å². The van der Waals surface area contributed by atoms with Crippen molar-refractivity contribution in [1.82, 2.24) is 0 Å². The van der Waals surface area contributed by atoms with E-state index in [1.54, 1.807) is 0 Å². The number of benzene rings is 1. The molecular weight excluding hydrogens is 216 g/mol. The average Bonchev–Trinajstić information content (AvgIpc) is 2.28. The highest BCUT2D eigenvalue weighted by molar-refractivity contribution is 5.85. The number of azide groups is 1. The molecule has 0 saturated carbocycles. The molecule has 0 aromatic heterocycles. The van der Waals surface area contributed by atoms with Gasteiger partial charge < -0.3 is 4.74 Å². The van der Waals surface area contributed by atoms with Gasteiger partial charge in [0.2, 0.25) is 0 Å². The molecule has 8 heteroatoms. The Morgan fingerprint density at radius 1 is 1.62 bits per heavy atom. The number of hydrogen-bond acceptors (Lipinski definition) is 5. The molecule has 1 aromatic rings. The van der Waals surface area contributed by atoms with Crippen molar-refractivity contribution in [3.8, 4) is 5.75 Å². The Hall–Kier alpha value is -2.60. The molecule has 0 N–H and O–H groups in total. The van der Waals surface area contributed by atoms with Crippen molar-refractivity contribution in [2.45, 2.75) is 0 Å². The average molecular weight is 222 g/mol. The van der Waals surface area contributed by atoms with Crippen LogP contribution in [0.4, 0.5) is 11.4 Å². The summed E-state index contributed by atoms with van der Waals surface area (Å²) in [6.07, 6.45) is 0.371. The van der Waals surface area contributed by atoms with Crippen LogP contribution in [0.3, 0.4) is 0 Å². The normalized spacial score (nSPS) is 9.06. The lowest BCUT2D eigenvalue weighted by Crippen LogP contribution is -1.95. The largest absolute Gasteiger partial charge is 0.490 e. The maximum Gasteiger partial charge on any atom is 0.311 e.